The number of nitrogens with zero attached hydrogens (tertiary/aromatic N) is 3. The molecule has 1 aliphatic heterocycles. The number of hydrogen-bond acceptors (Lipinski definition) is 10. The Kier molecular flexibility index (Phi) is 18.1. The second-order valence-corrected chi connectivity index (χ2v) is 12.8. The number of hydrazine groups is 1. The van der Waals surface area contributed by atoms with Crippen LogP contribution < -0.4 is 21.4 Å². The van der Waals surface area contributed by atoms with E-state index in [-0.39, 0.29) is 31.3 Å². The van der Waals surface area contributed by atoms with Gasteiger partial charge < -0.3 is 21.1 Å². The monoisotopic (exact) mass is 721 g/mol. The highest BCUT2D eigenvalue weighted by Gasteiger charge is 2.23. The zero-order valence-corrected chi connectivity index (χ0v) is 30.5. The van der Waals surface area contributed by atoms with Crippen molar-refractivity contribution in [1.29, 1.82) is 0 Å². The van der Waals surface area contributed by atoms with Crippen LogP contribution in [0.5, 0.6) is 0 Å². The smallest absolute Gasteiger partial charge is 0.322 e. The Labute approximate surface area is 304 Å². The molecule has 0 radical (unpaired) electrons. The fourth-order valence-electron chi connectivity index (χ4n) is 5.31. The van der Waals surface area contributed by atoms with Crippen LogP contribution in [0.2, 0.25) is 0 Å². The normalized spacial score (nSPS) is 13.8. The molecule has 276 valence electrons. The van der Waals surface area contributed by atoms with Crippen molar-refractivity contribution >= 4 is 35.6 Å². The first-order valence-electron chi connectivity index (χ1n) is 17.2. The zero-order valence-electron chi connectivity index (χ0n) is 29.6. The molecule has 4 rings (SSSR count). The predicted molar refractivity (Wildman–Crippen MR) is 198 cm³/mol. The lowest BCUT2D eigenvalue weighted by molar-refractivity contribution is -0.139. The maximum absolute atomic E-state index is 12.8. The van der Waals surface area contributed by atoms with Crippen molar-refractivity contribution < 1.29 is 29.5 Å². The fraction of sp³-hybridized carbons (Fsp3) is 0.405. The molecule has 0 bridgehead atoms. The van der Waals surface area contributed by atoms with Gasteiger partial charge in [-0.05, 0) is 47.5 Å². The summed E-state index contributed by atoms with van der Waals surface area (Å²) >= 11 is 1.05. The summed E-state index contributed by atoms with van der Waals surface area (Å²) in [5, 5.41) is 27.8. The SMILES string of the molecule is CC.Cc1cccc(CNC(=O)CN2CCN(CC(=O)NCc3cccc(CC(NN(O)SCc4ccccc4)C(=O)NCC(=O)O)c3)CC2)c1. The van der Waals surface area contributed by atoms with Crippen LogP contribution >= 0.6 is 11.9 Å². The Bertz CT molecular complexity index is 1540. The summed E-state index contributed by atoms with van der Waals surface area (Å²) in [7, 11) is 0. The highest BCUT2D eigenvalue weighted by Crippen LogP contribution is 2.15. The third-order valence-corrected chi connectivity index (χ3v) is 8.70. The zero-order chi connectivity index (χ0) is 37.0. The first-order chi connectivity index (χ1) is 24.6. The highest BCUT2D eigenvalue weighted by molar-refractivity contribution is 7.96. The van der Waals surface area contributed by atoms with Gasteiger partial charge in [0.25, 0.3) is 0 Å². The Morgan fingerprint density at radius 3 is 1.84 bits per heavy atom. The molecule has 0 aliphatic carbocycles. The van der Waals surface area contributed by atoms with Crippen molar-refractivity contribution in [3.8, 4) is 0 Å². The van der Waals surface area contributed by atoms with Crippen LogP contribution in [0.15, 0.2) is 78.9 Å². The molecule has 13 nitrogen and oxygen atoms in total. The molecular weight excluding hydrogens is 671 g/mol. The van der Waals surface area contributed by atoms with Crippen molar-refractivity contribution in [2.24, 2.45) is 0 Å². The number of benzene rings is 3. The summed E-state index contributed by atoms with van der Waals surface area (Å²) < 4.78 is 0.767. The van der Waals surface area contributed by atoms with E-state index in [0.29, 0.717) is 45.0 Å². The fourth-order valence-corrected chi connectivity index (χ4v) is 5.98. The molecule has 3 aromatic carbocycles. The van der Waals surface area contributed by atoms with Gasteiger partial charge in [0.2, 0.25) is 17.7 Å². The molecule has 3 amide bonds. The van der Waals surface area contributed by atoms with Crippen molar-refractivity contribution in [2.45, 2.75) is 52.1 Å². The van der Waals surface area contributed by atoms with Crippen molar-refractivity contribution in [1.82, 2.24) is 35.8 Å². The number of carboxylic acids is 1. The maximum atomic E-state index is 12.8. The molecule has 1 unspecified atom stereocenters. The van der Waals surface area contributed by atoms with Crippen LogP contribution in [0.25, 0.3) is 0 Å². The largest absolute Gasteiger partial charge is 0.480 e. The van der Waals surface area contributed by atoms with E-state index in [1.54, 1.807) is 0 Å². The Morgan fingerprint density at radius 2 is 1.27 bits per heavy atom. The van der Waals surface area contributed by atoms with E-state index in [9.17, 15) is 24.4 Å². The molecule has 1 atom stereocenters. The summed E-state index contributed by atoms with van der Waals surface area (Å²) in [5.74, 6) is -1.45. The molecule has 51 heavy (non-hydrogen) atoms. The van der Waals surface area contributed by atoms with Gasteiger partial charge in [-0.25, -0.2) is 5.43 Å². The predicted octanol–water partition coefficient (Wildman–Crippen LogP) is 2.73. The van der Waals surface area contributed by atoms with Gasteiger partial charge >= 0.3 is 5.97 Å². The summed E-state index contributed by atoms with van der Waals surface area (Å²) in [4.78, 5) is 53.3. The van der Waals surface area contributed by atoms with Gasteiger partial charge in [0.05, 0.1) is 13.1 Å². The average Bonchev–Trinajstić information content (AvgIpc) is 3.13. The third-order valence-electron chi connectivity index (χ3n) is 7.89. The number of piperazine rings is 1. The minimum Gasteiger partial charge on any atom is -0.480 e. The molecule has 1 saturated heterocycles. The minimum atomic E-state index is -1.18. The topological polar surface area (TPSA) is 167 Å². The minimum absolute atomic E-state index is 0.0199. The van der Waals surface area contributed by atoms with E-state index >= 15 is 0 Å². The average molecular weight is 722 g/mol. The van der Waals surface area contributed by atoms with Crippen molar-refractivity contribution in [2.75, 3.05) is 45.8 Å². The van der Waals surface area contributed by atoms with Gasteiger partial charge in [0.15, 0.2) is 0 Å². The summed E-state index contributed by atoms with van der Waals surface area (Å²) in [6.45, 7) is 9.57. The van der Waals surface area contributed by atoms with Crippen molar-refractivity contribution in [3.63, 3.8) is 0 Å². The standard InChI is InChI=1S/C35H45N7O6S.C2H6/c1-26-7-5-11-29(17-26)20-36-32(43)23-40-13-15-41(16-14-40)24-33(44)37-21-30-12-6-10-28(18-30)19-31(35(47)38-22-34(45)46)39-42(48)49-25-27-8-3-2-4-9-27;1-2/h2-12,17-18,31,39,48H,13-16,19-25H2,1H3,(H,36,43)(H,37,44)(H,38,47)(H,45,46);1-2H3. The lowest BCUT2D eigenvalue weighted by atomic mass is 10.0. The summed E-state index contributed by atoms with van der Waals surface area (Å²) in [5.41, 5.74) is 7.54. The third kappa shape index (κ3) is 16.1. The molecule has 6 N–H and O–H groups in total. The Balaban J connectivity index is 0.00000345. The number of amides is 3. The molecule has 3 aromatic rings. The molecule has 0 aromatic heterocycles. The van der Waals surface area contributed by atoms with Crippen LogP contribution in [0, 0.1) is 6.92 Å². The van der Waals surface area contributed by atoms with E-state index in [0.717, 1.165) is 44.3 Å². The van der Waals surface area contributed by atoms with Gasteiger partial charge in [-0.1, -0.05) is 103 Å². The number of aryl methyl sites for hydroxylation is 1. The van der Waals surface area contributed by atoms with E-state index in [2.05, 4.69) is 37.2 Å². The van der Waals surface area contributed by atoms with Crippen LogP contribution in [0.4, 0.5) is 0 Å². The molecule has 14 heteroatoms. The second kappa shape index (κ2) is 22.5. The number of carbonyl (C=O) groups is 4. The lowest BCUT2D eigenvalue weighted by Crippen LogP contribution is -2.51. The highest BCUT2D eigenvalue weighted by atomic mass is 32.2. The quantitative estimate of drug-likeness (QED) is 0.0845. The van der Waals surface area contributed by atoms with Crippen molar-refractivity contribution in [3.05, 3.63) is 107 Å². The number of hydrogen-bond donors (Lipinski definition) is 6. The van der Waals surface area contributed by atoms with Gasteiger partial charge in [0.1, 0.15) is 12.6 Å². The summed E-state index contributed by atoms with van der Waals surface area (Å²) in [6.07, 6.45) is 0.157. The molecule has 0 saturated carbocycles. The molecular formula is C37H51N7O6S. The van der Waals surface area contributed by atoms with Crippen LogP contribution in [0.3, 0.4) is 0 Å². The number of rotatable bonds is 18. The first kappa shape index (κ1) is 41.1. The number of nitrogens with one attached hydrogen (secondary N) is 4. The van der Waals surface area contributed by atoms with E-state index in [1.807, 2.05) is 93.6 Å². The van der Waals surface area contributed by atoms with E-state index < -0.39 is 24.5 Å². The van der Waals surface area contributed by atoms with Gasteiger partial charge in [-0.2, -0.15) is 0 Å². The van der Waals surface area contributed by atoms with E-state index in [4.69, 9.17) is 5.11 Å². The van der Waals surface area contributed by atoms with Gasteiger partial charge in [-0.3, -0.25) is 34.2 Å². The van der Waals surface area contributed by atoms with E-state index in [1.165, 1.54) is 0 Å². The Morgan fingerprint density at radius 1 is 0.745 bits per heavy atom. The summed E-state index contributed by atoms with van der Waals surface area (Å²) in [6, 6.07) is 24.0. The molecule has 1 aliphatic rings. The van der Waals surface area contributed by atoms with Gasteiger partial charge in [0, 0.05) is 45.0 Å². The maximum Gasteiger partial charge on any atom is 0.322 e. The van der Waals surface area contributed by atoms with Crippen LogP contribution in [-0.4, -0.2) is 100 Å². The van der Waals surface area contributed by atoms with Gasteiger partial charge in [-0.15, -0.1) is 0 Å². The number of carboxylic acid groups (broad SMARTS) is 1. The van der Waals surface area contributed by atoms with Crippen LogP contribution in [0.1, 0.15) is 41.7 Å². The molecule has 0 spiro atoms. The molecule has 1 fully saturated rings. The Hall–Kier alpha value is -4.31. The number of aliphatic carboxylic acids is 1. The van der Waals surface area contributed by atoms with Crippen LogP contribution in [-0.2, 0) is 44.4 Å². The molecule has 1 heterocycles. The first-order valence-corrected chi connectivity index (χ1v) is 18.1. The second-order valence-electron chi connectivity index (χ2n) is 11.9. The lowest BCUT2D eigenvalue weighted by Gasteiger charge is -2.33. The number of carbonyl (C=O) groups excluding carboxylic acids is 3.